The molecule has 3 aromatic carbocycles. The van der Waals surface area contributed by atoms with Crippen LogP contribution in [0.3, 0.4) is 0 Å². The molecule has 0 aromatic heterocycles. The van der Waals surface area contributed by atoms with E-state index < -0.39 is 52.2 Å². The van der Waals surface area contributed by atoms with Crippen molar-refractivity contribution in [1.82, 2.24) is 5.32 Å². The highest BCUT2D eigenvalue weighted by Gasteiger charge is 2.32. The summed E-state index contributed by atoms with van der Waals surface area (Å²) in [7, 11) is -7.04. The average molecular weight is 518 g/mol. The molecule has 13 heteroatoms. The molecule has 1 heterocycles. The molecule has 0 atom stereocenters. The summed E-state index contributed by atoms with van der Waals surface area (Å²) in [5, 5.41) is 5.54. The van der Waals surface area contributed by atoms with Crippen molar-refractivity contribution in [3.63, 3.8) is 0 Å². The third-order valence-electron chi connectivity index (χ3n) is 4.99. The first-order valence-electron chi connectivity index (χ1n) is 9.48. The van der Waals surface area contributed by atoms with Crippen LogP contribution in [0.1, 0.15) is 20.7 Å². The molecule has 0 saturated heterocycles. The van der Waals surface area contributed by atoms with Crippen molar-refractivity contribution < 1.29 is 44.5 Å². The second-order valence-electron chi connectivity index (χ2n) is 8.30. The Morgan fingerprint density at radius 3 is 1.71 bits per heavy atom. The van der Waals surface area contributed by atoms with E-state index in [0.717, 1.165) is 10.8 Å². The summed E-state index contributed by atoms with van der Waals surface area (Å²) in [6, 6.07) is 9.58. The summed E-state index contributed by atoms with van der Waals surface area (Å²) < 4.78 is 91.3. The van der Waals surface area contributed by atoms with Crippen LogP contribution in [0.2, 0.25) is 19.6 Å². The Labute approximate surface area is 191 Å². The van der Waals surface area contributed by atoms with Gasteiger partial charge in [-0.05, 0) is 17.5 Å². The predicted molar refractivity (Wildman–Crippen MR) is 115 cm³/mol. The molecule has 0 bridgehead atoms. The number of carbonyl (C=O) groups is 2. The fourth-order valence-electron chi connectivity index (χ4n) is 3.49. The Hall–Kier alpha value is -3.16. The lowest BCUT2D eigenvalue weighted by atomic mass is 9.95. The van der Waals surface area contributed by atoms with Crippen molar-refractivity contribution in [2.45, 2.75) is 24.5 Å². The topological polar surface area (TPSA) is 101 Å². The molecule has 1 aliphatic heterocycles. The minimum absolute atomic E-state index is 0.296. The van der Waals surface area contributed by atoms with Crippen molar-refractivity contribution in [2.75, 3.05) is 0 Å². The fraction of sp³-hybridized carbons (Fsp3) is 0.143. The first kappa shape index (κ1) is 25.5. The van der Waals surface area contributed by atoms with Crippen LogP contribution in [0.15, 0.2) is 35.2 Å². The van der Waals surface area contributed by atoms with Crippen LogP contribution in [0, 0.1) is 29.1 Å². The average Bonchev–Trinajstić information content (AvgIpc) is 2.73. The highest BCUT2D eigenvalue weighted by atomic mass is 32.2. The highest BCUT2D eigenvalue weighted by molar-refractivity contribution is 7.85. The second kappa shape index (κ2) is 8.56. The Balaban J connectivity index is 0.000000197. The van der Waals surface area contributed by atoms with E-state index in [2.05, 4.69) is 25.0 Å². The summed E-state index contributed by atoms with van der Waals surface area (Å²) in [4.78, 5) is 21.6. The summed E-state index contributed by atoms with van der Waals surface area (Å²) in [6.07, 6.45) is 0. The molecule has 180 valence electrons. The summed E-state index contributed by atoms with van der Waals surface area (Å²) in [6.45, 7) is 6.80. The fourth-order valence-corrected chi connectivity index (χ4v) is 5.72. The van der Waals surface area contributed by atoms with Crippen molar-refractivity contribution in [1.29, 1.82) is 0 Å². The van der Waals surface area contributed by atoms with E-state index in [-0.39, 0.29) is 11.8 Å². The lowest BCUT2D eigenvalue weighted by molar-refractivity contribution is 0.0845. The van der Waals surface area contributed by atoms with Gasteiger partial charge in [0, 0.05) is 16.5 Å². The van der Waals surface area contributed by atoms with Crippen LogP contribution in [-0.4, -0.2) is 32.9 Å². The third-order valence-corrected chi connectivity index (χ3v) is 7.92. The Morgan fingerprint density at radius 1 is 0.765 bits per heavy atom. The molecular weight excluding hydrogens is 501 g/mol. The van der Waals surface area contributed by atoms with Crippen LogP contribution in [0.5, 0.6) is 0 Å². The minimum atomic E-state index is -5.52. The van der Waals surface area contributed by atoms with Gasteiger partial charge in [0.25, 0.3) is 11.8 Å². The van der Waals surface area contributed by atoms with Crippen LogP contribution in [0.25, 0.3) is 10.8 Å². The van der Waals surface area contributed by atoms with Gasteiger partial charge in [0.2, 0.25) is 5.82 Å². The molecule has 34 heavy (non-hydrogen) atoms. The summed E-state index contributed by atoms with van der Waals surface area (Å²) in [5.41, 5.74) is 1.21. The number of halogens is 5. The molecule has 4 rings (SSSR count). The standard InChI is InChI=1S/C15H15NO2Si.C6HF5O3S/c1-19(2,3)12-8-7-11-13-9(12)5-4-6-10(13)14(17)16-15(11)18;7-1-2(8)4(10)6(15(12,13)14)5(11)3(1)9/h4-8H,1-3H3,(H,16,17,18);(H,12,13,14). The number of nitrogens with one attached hydrogen (secondary N) is 1. The second-order valence-corrected chi connectivity index (χ2v) is 14.7. The van der Waals surface area contributed by atoms with E-state index in [1.807, 2.05) is 24.3 Å². The first-order valence-corrected chi connectivity index (χ1v) is 14.4. The Kier molecular flexibility index (Phi) is 6.41. The van der Waals surface area contributed by atoms with Gasteiger partial charge in [-0.15, -0.1) is 0 Å². The van der Waals surface area contributed by atoms with Crippen molar-refractivity contribution in [3.8, 4) is 0 Å². The Morgan fingerprint density at radius 2 is 1.24 bits per heavy atom. The predicted octanol–water partition coefficient (Wildman–Crippen LogP) is 3.90. The molecule has 2 amide bonds. The zero-order valence-electron chi connectivity index (χ0n) is 17.8. The first-order chi connectivity index (χ1) is 15.6. The number of hydrogen-bond donors (Lipinski definition) is 2. The van der Waals surface area contributed by atoms with Gasteiger partial charge in [-0.1, -0.05) is 43.0 Å². The SMILES string of the molecule is C[Si](C)(C)c1ccc2c3c(cccc13)C(=O)NC2=O.O=S(=O)(O)c1c(F)c(F)c(F)c(F)c1F. The van der Waals surface area contributed by atoms with Crippen LogP contribution >= 0.6 is 0 Å². The molecular formula is C21H16F5NO5SSi. The molecule has 0 fully saturated rings. The van der Waals surface area contributed by atoms with Crippen molar-refractivity contribution in [2.24, 2.45) is 0 Å². The van der Waals surface area contributed by atoms with Gasteiger partial charge in [0.05, 0.1) is 8.07 Å². The maximum atomic E-state index is 12.6. The smallest absolute Gasteiger partial charge is 0.288 e. The molecule has 0 aliphatic carbocycles. The lowest BCUT2D eigenvalue weighted by Gasteiger charge is -2.23. The molecule has 1 aliphatic rings. The van der Waals surface area contributed by atoms with Gasteiger partial charge < -0.3 is 0 Å². The third kappa shape index (κ3) is 4.33. The quantitative estimate of drug-likeness (QED) is 0.134. The Bertz CT molecular complexity index is 1440. The highest BCUT2D eigenvalue weighted by Crippen LogP contribution is 2.27. The van der Waals surface area contributed by atoms with E-state index in [1.165, 1.54) is 5.19 Å². The molecule has 2 N–H and O–H groups in total. The zero-order chi connectivity index (χ0) is 25.7. The number of imide groups is 1. The van der Waals surface area contributed by atoms with E-state index in [0.29, 0.717) is 11.1 Å². The van der Waals surface area contributed by atoms with Crippen LogP contribution < -0.4 is 10.5 Å². The van der Waals surface area contributed by atoms with Crippen LogP contribution in [-0.2, 0) is 10.1 Å². The molecule has 6 nitrogen and oxygen atoms in total. The summed E-state index contributed by atoms with van der Waals surface area (Å²) >= 11 is 0. The van der Waals surface area contributed by atoms with E-state index >= 15 is 0 Å². The number of hydrogen-bond acceptors (Lipinski definition) is 4. The zero-order valence-corrected chi connectivity index (χ0v) is 19.6. The molecule has 0 spiro atoms. The number of carbonyl (C=O) groups excluding carboxylic acids is 2. The van der Waals surface area contributed by atoms with Crippen molar-refractivity contribution >= 4 is 46.0 Å². The number of benzene rings is 3. The number of rotatable bonds is 2. The van der Waals surface area contributed by atoms with Gasteiger partial charge in [0.1, 0.15) is 0 Å². The molecule has 3 aromatic rings. The maximum Gasteiger partial charge on any atom is 0.300 e. The van der Waals surface area contributed by atoms with Gasteiger partial charge in [-0.3, -0.25) is 19.5 Å². The molecule has 0 saturated carbocycles. The van der Waals surface area contributed by atoms with Gasteiger partial charge in [0.15, 0.2) is 28.2 Å². The summed E-state index contributed by atoms with van der Waals surface area (Å²) in [5.74, 6) is -13.2. The monoisotopic (exact) mass is 517 g/mol. The number of amides is 2. The van der Waals surface area contributed by atoms with Gasteiger partial charge >= 0.3 is 10.1 Å². The van der Waals surface area contributed by atoms with Gasteiger partial charge in [-0.2, -0.15) is 8.42 Å². The van der Waals surface area contributed by atoms with Gasteiger partial charge in [-0.25, -0.2) is 22.0 Å². The van der Waals surface area contributed by atoms with E-state index in [1.54, 1.807) is 6.07 Å². The molecule has 0 radical (unpaired) electrons. The molecule has 0 unspecified atom stereocenters. The van der Waals surface area contributed by atoms with E-state index in [4.69, 9.17) is 4.55 Å². The minimum Gasteiger partial charge on any atom is -0.288 e. The van der Waals surface area contributed by atoms with Crippen LogP contribution in [0.4, 0.5) is 22.0 Å². The maximum absolute atomic E-state index is 12.6. The largest absolute Gasteiger partial charge is 0.300 e. The normalized spacial score (nSPS) is 13.4. The van der Waals surface area contributed by atoms with Crippen molar-refractivity contribution in [3.05, 3.63) is 70.5 Å². The van der Waals surface area contributed by atoms with E-state index in [9.17, 15) is 40.0 Å². The lowest BCUT2D eigenvalue weighted by Crippen LogP contribution is -2.40.